The molecule has 200 valence electrons. The second-order valence-corrected chi connectivity index (χ2v) is 10.6. The molecule has 1 aromatic carbocycles. The third kappa shape index (κ3) is 7.29. The van der Waals surface area contributed by atoms with Crippen molar-refractivity contribution >= 4 is 16.0 Å². The summed E-state index contributed by atoms with van der Waals surface area (Å²) >= 11 is 0. The van der Waals surface area contributed by atoms with Gasteiger partial charge in [0.15, 0.2) is 5.82 Å². The number of anilines is 1. The Labute approximate surface area is 215 Å². The number of nitrogens with one attached hydrogen (secondary N) is 3. The number of sulfonamides is 1. The Morgan fingerprint density at radius 1 is 1.19 bits per heavy atom. The van der Waals surface area contributed by atoms with Crippen molar-refractivity contribution in [2.45, 2.75) is 25.7 Å². The topological polar surface area (TPSA) is 140 Å². The smallest absolute Gasteiger partial charge is 0.223 e. The van der Waals surface area contributed by atoms with Crippen molar-refractivity contribution in [3.8, 4) is 22.6 Å². The van der Waals surface area contributed by atoms with Gasteiger partial charge < -0.3 is 24.5 Å². The number of aromatic nitrogens is 4. The monoisotopic (exact) mass is 534 g/mol. The number of hydrogen-bond donors (Lipinski definition) is 3. The molecule has 0 bridgehead atoms. The highest BCUT2D eigenvalue weighted by Gasteiger charge is 2.31. The van der Waals surface area contributed by atoms with Crippen LogP contribution >= 0.6 is 0 Å². The summed E-state index contributed by atoms with van der Waals surface area (Å²) < 4.78 is 56.2. The number of nitrogens with zero attached hydrogens (tertiary/aromatic N) is 3. The Kier molecular flexibility index (Phi) is 8.82. The maximum Gasteiger partial charge on any atom is 0.223 e. The predicted octanol–water partition coefficient (Wildman–Crippen LogP) is 2.72. The normalized spacial score (nSPS) is 19.0. The van der Waals surface area contributed by atoms with Crippen LogP contribution in [-0.2, 0) is 24.2 Å². The van der Waals surface area contributed by atoms with Crippen molar-refractivity contribution in [3.63, 3.8) is 0 Å². The van der Waals surface area contributed by atoms with Crippen molar-refractivity contribution in [3.05, 3.63) is 48.2 Å². The number of methoxy groups -OCH3 is 1. The van der Waals surface area contributed by atoms with Crippen LogP contribution in [-0.4, -0.2) is 74.1 Å². The van der Waals surface area contributed by atoms with E-state index in [1.807, 2.05) is 0 Å². The molecule has 3 heterocycles. The number of halogens is 1. The molecule has 0 radical (unpaired) electrons. The lowest BCUT2D eigenvalue weighted by molar-refractivity contribution is -0.211. The zero-order valence-electron chi connectivity index (χ0n) is 20.9. The molecule has 1 aliphatic rings. The third-order valence-electron chi connectivity index (χ3n) is 5.81. The lowest BCUT2D eigenvalue weighted by atomic mass is 10.0. The van der Waals surface area contributed by atoms with Gasteiger partial charge in [-0.1, -0.05) is 0 Å². The molecule has 3 aromatic rings. The molecule has 0 amide bonds. The second kappa shape index (κ2) is 12.0. The molecule has 1 aliphatic heterocycles. The fraction of sp³-hybridized carbons (Fsp3) is 0.458. The maximum atomic E-state index is 13.6. The first kappa shape index (κ1) is 27.1. The number of H-pyrrole nitrogens is 1. The quantitative estimate of drug-likeness (QED) is 0.317. The van der Waals surface area contributed by atoms with Crippen LogP contribution in [0, 0.1) is 11.7 Å². The van der Waals surface area contributed by atoms with Crippen molar-refractivity contribution in [2.75, 3.05) is 45.0 Å². The molecular weight excluding hydrogens is 503 g/mol. The van der Waals surface area contributed by atoms with Gasteiger partial charge in [0.1, 0.15) is 5.82 Å². The van der Waals surface area contributed by atoms with E-state index in [-0.39, 0.29) is 31.0 Å². The zero-order chi connectivity index (χ0) is 26.4. The van der Waals surface area contributed by atoms with Crippen LogP contribution in [0.25, 0.3) is 22.6 Å². The largest absolute Gasteiger partial charge is 0.385 e. The summed E-state index contributed by atoms with van der Waals surface area (Å²) in [5.74, 6) is 0.359. The number of rotatable bonds is 11. The summed E-state index contributed by atoms with van der Waals surface area (Å²) in [7, 11) is -1.70. The number of hydrogen-bond acceptors (Lipinski definition) is 9. The van der Waals surface area contributed by atoms with E-state index in [0.29, 0.717) is 47.6 Å². The molecule has 3 N–H and O–H groups in total. The van der Waals surface area contributed by atoms with Crippen LogP contribution in [0.4, 0.5) is 10.3 Å². The van der Waals surface area contributed by atoms with Crippen LogP contribution in [0.2, 0.25) is 0 Å². The summed E-state index contributed by atoms with van der Waals surface area (Å²) in [5, 5.41) is 3.17. The van der Waals surface area contributed by atoms with E-state index in [1.165, 1.54) is 12.1 Å². The first-order valence-corrected chi connectivity index (χ1v) is 13.7. The van der Waals surface area contributed by atoms with E-state index in [2.05, 4.69) is 25.0 Å². The van der Waals surface area contributed by atoms with Gasteiger partial charge in [-0.3, -0.25) is 0 Å². The molecule has 4 rings (SSSR count). The molecule has 2 aromatic heterocycles. The second-order valence-electron chi connectivity index (χ2n) is 8.83. The van der Waals surface area contributed by atoms with Crippen LogP contribution in [0.5, 0.6) is 0 Å². The average molecular weight is 535 g/mol. The molecule has 11 nitrogen and oxygen atoms in total. The predicted molar refractivity (Wildman–Crippen MR) is 136 cm³/mol. The Hall–Kier alpha value is -2.97. The number of aromatic amines is 1. The fourth-order valence-corrected chi connectivity index (χ4v) is 4.77. The minimum atomic E-state index is -3.35. The summed E-state index contributed by atoms with van der Waals surface area (Å²) in [6.45, 7) is 3.59. The first-order valence-electron chi connectivity index (χ1n) is 11.9. The minimum Gasteiger partial charge on any atom is -0.385 e. The molecule has 1 atom stereocenters. The average Bonchev–Trinajstić information content (AvgIpc) is 3.32. The van der Waals surface area contributed by atoms with E-state index in [0.717, 1.165) is 12.7 Å². The molecule has 1 unspecified atom stereocenters. The summed E-state index contributed by atoms with van der Waals surface area (Å²) in [5.41, 5.74) is 2.43. The maximum absolute atomic E-state index is 13.6. The van der Waals surface area contributed by atoms with Crippen molar-refractivity contribution in [1.29, 1.82) is 0 Å². The van der Waals surface area contributed by atoms with E-state index in [4.69, 9.17) is 19.2 Å². The summed E-state index contributed by atoms with van der Waals surface area (Å²) in [4.78, 5) is 16.9. The highest BCUT2D eigenvalue weighted by Crippen LogP contribution is 2.33. The van der Waals surface area contributed by atoms with Gasteiger partial charge in [-0.2, -0.15) is 0 Å². The molecular formula is C24H31FN6O5S. The van der Waals surface area contributed by atoms with Crippen LogP contribution in [0.15, 0.2) is 36.5 Å². The van der Waals surface area contributed by atoms with Gasteiger partial charge in [0, 0.05) is 44.0 Å². The zero-order valence-corrected chi connectivity index (χ0v) is 21.7. The van der Waals surface area contributed by atoms with Crippen LogP contribution in [0.3, 0.4) is 0 Å². The molecule has 0 saturated carbocycles. The molecule has 1 saturated heterocycles. The van der Waals surface area contributed by atoms with Crippen molar-refractivity contribution < 1.29 is 27.0 Å². The third-order valence-corrected chi connectivity index (χ3v) is 6.61. The van der Waals surface area contributed by atoms with E-state index in [1.54, 1.807) is 38.4 Å². The SMILES string of the molecule is COCCCNc1nccc(-c2[nH]c(C3OCC(C(C)NS(C)(=O)=O)CO3)nc2-c2ccc(F)cc2)n1. The lowest BCUT2D eigenvalue weighted by Crippen LogP contribution is -2.43. The van der Waals surface area contributed by atoms with Gasteiger partial charge in [-0.25, -0.2) is 32.5 Å². The van der Waals surface area contributed by atoms with Gasteiger partial charge in [0.05, 0.1) is 36.6 Å². The van der Waals surface area contributed by atoms with Gasteiger partial charge in [-0.05, 0) is 43.7 Å². The van der Waals surface area contributed by atoms with Gasteiger partial charge >= 0.3 is 0 Å². The van der Waals surface area contributed by atoms with Gasteiger partial charge in [-0.15, -0.1) is 0 Å². The standard InChI is InChI=1S/C24H31FN6O5S/c1-15(31-37(3,32)33)17-13-35-23(36-14-17)22-29-20(16-5-7-18(25)8-6-16)21(30-22)19-9-11-27-24(28-19)26-10-4-12-34-2/h5-9,11,15,17,23,31H,4,10,12-14H2,1-3H3,(H,29,30)(H,26,27,28). The molecule has 0 spiro atoms. The molecule has 37 heavy (non-hydrogen) atoms. The van der Waals surface area contributed by atoms with E-state index < -0.39 is 16.3 Å². The van der Waals surface area contributed by atoms with Gasteiger partial charge in [0.25, 0.3) is 0 Å². The van der Waals surface area contributed by atoms with Crippen LogP contribution in [0.1, 0.15) is 25.5 Å². The first-order chi connectivity index (χ1) is 17.7. The van der Waals surface area contributed by atoms with E-state index in [9.17, 15) is 12.8 Å². The lowest BCUT2D eigenvalue weighted by Gasteiger charge is -2.31. The van der Waals surface area contributed by atoms with Crippen LogP contribution < -0.4 is 10.0 Å². The Balaban J connectivity index is 1.57. The molecule has 13 heteroatoms. The summed E-state index contributed by atoms with van der Waals surface area (Å²) in [6, 6.07) is 7.41. The summed E-state index contributed by atoms with van der Waals surface area (Å²) in [6.07, 6.45) is 2.77. The molecule has 1 fully saturated rings. The number of benzene rings is 1. The Morgan fingerprint density at radius 3 is 2.59 bits per heavy atom. The Morgan fingerprint density at radius 2 is 1.92 bits per heavy atom. The molecule has 0 aliphatic carbocycles. The highest BCUT2D eigenvalue weighted by molar-refractivity contribution is 7.88. The van der Waals surface area contributed by atoms with Crippen molar-refractivity contribution in [1.82, 2.24) is 24.7 Å². The van der Waals surface area contributed by atoms with E-state index >= 15 is 0 Å². The van der Waals surface area contributed by atoms with Crippen molar-refractivity contribution in [2.24, 2.45) is 5.92 Å². The number of imidazole rings is 1. The Bertz CT molecular complexity index is 1280. The minimum absolute atomic E-state index is 0.161. The number of ether oxygens (including phenoxy) is 3. The fourth-order valence-electron chi connectivity index (χ4n) is 3.90. The van der Waals surface area contributed by atoms with Gasteiger partial charge in [0.2, 0.25) is 22.3 Å². The highest BCUT2D eigenvalue weighted by atomic mass is 32.2.